The number of nitrogens with one attached hydrogen (secondary N) is 2. The minimum atomic E-state index is -0.327. The van der Waals surface area contributed by atoms with Crippen LogP contribution in [0.3, 0.4) is 0 Å². The number of hydrogen-bond acceptors (Lipinski definition) is 6. The number of aromatic amines is 2. The van der Waals surface area contributed by atoms with Crippen molar-refractivity contribution in [3.05, 3.63) is 301 Å². The van der Waals surface area contributed by atoms with Gasteiger partial charge < -0.3 is 39.0 Å². The fraction of sp³-hybridized carbons (Fsp3) is 0.0714. The summed E-state index contributed by atoms with van der Waals surface area (Å²) in [7, 11) is 0. The second-order valence-corrected chi connectivity index (χ2v) is 25.9. The Morgan fingerprint density at radius 2 is 0.598 bits per heavy atom. The molecule has 0 spiro atoms. The number of para-hydroxylation sites is 8. The number of anilines is 12. The number of ether oxygens (including phenoxy) is 2. The third-order valence-electron chi connectivity index (χ3n) is 20.0. The summed E-state index contributed by atoms with van der Waals surface area (Å²) in [6, 6.07) is 101. The van der Waals surface area contributed by atoms with Gasteiger partial charge in [0, 0.05) is 77.2 Å². The number of nitrogens with zero attached hydrogens (tertiary/aromatic N) is 4. The SMILES string of the molecule is CC1(C)c2ccccc2N(c2ccc(N3c4ccccc4C(C)(C)c4cc(-c5ccc6c(c5)N(c5ccc(N7c8ccccc8Oc8ccccc87)cc5)c5cc(-c7ccc8c(c7)[nH]c7ccc9[nH]c%10ccccc%10c9c78)ccc5O6)ccc43)cc2)c2ccccc21. The zero-order valence-corrected chi connectivity index (χ0v) is 51.2. The molecule has 2 N–H and O–H groups in total. The summed E-state index contributed by atoms with van der Waals surface area (Å²) in [6.07, 6.45) is 0. The molecule has 2 aromatic heterocycles. The lowest BCUT2D eigenvalue weighted by atomic mass is 9.73. The Kier molecular flexibility index (Phi) is 11.0. The summed E-state index contributed by atoms with van der Waals surface area (Å²) >= 11 is 0. The molecule has 4 aliphatic rings. The molecule has 0 saturated heterocycles. The molecule has 15 aromatic rings. The summed E-state index contributed by atoms with van der Waals surface area (Å²) in [4.78, 5) is 17.0. The van der Waals surface area contributed by atoms with Crippen molar-refractivity contribution in [3.8, 4) is 45.3 Å². The van der Waals surface area contributed by atoms with Gasteiger partial charge in [-0.3, -0.25) is 0 Å². The van der Waals surface area contributed by atoms with Crippen LogP contribution >= 0.6 is 0 Å². The van der Waals surface area contributed by atoms with Crippen LogP contribution in [0.25, 0.3) is 65.9 Å². The number of aromatic nitrogens is 2. The monoisotopic (exact) mass is 1180 g/mol. The first kappa shape index (κ1) is 52.2. The van der Waals surface area contributed by atoms with Crippen molar-refractivity contribution in [1.29, 1.82) is 0 Å². The first-order chi connectivity index (χ1) is 45.1. The Balaban J connectivity index is 0.725. The van der Waals surface area contributed by atoms with Crippen LogP contribution in [-0.2, 0) is 10.8 Å². The van der Waals surface area contributed by atoms with Crippen LogP contribution in [0.2, 0.25) is 0 Å². The normalized spacial score (nSPS) is 14.6. The van der Waals surface area contributed by atoms with Gasteiger partial charge in [-0.2, -0.15) is 0 Å². The van der Waals surface area contributed by atoms with E-state index in [2.05, 4.69) is 312 Å². The molecule has 8 heteroatoms. The quantitative estimate of drug-likeness (QED) is 0.173. The molecule has 0 fully saturated rings. The van der Waals surface area contributed by atoms with E-state index < -0.39 is 0 Å². The second kappa shape index (κ2) is 19.4. The molecular formula is C84H60N6O2. The molecule has 438 valence electrons. The summed E-state index contributed by atoms with van der Waals surface area (Å²) in [5.74, 6) is 3.18. The van der Waals surface area contributed by atoms with Crippen LogP contribution in [0.1, 0.15) is 49.9 Å². The van der Waals surface area contributed by atoms with Gasteiger partial charge in [0.2, 0.25) is 0 Å². The summed E-state index contributed by atoms with van der Waals surface area (Å²) in [5.41, 5.74) is 26.4. The van der Waals surface area contributed by atoms with E-state index in [0.29, 0.717) is 0 Å². The van der Waals surface area contributed by atoms with Gasteiger partial charge in [0.15, 0.2) is 23.0 Å². The molecular weight excluding hydrogens is 1120 g/mol. The van der Waals surface area contributed by atoms with Crippen molar-refractivity contribution in [2.75, 3.05) is 19.6 Å². The third-order valence-corrected chi connectivity index (χ3v) is 20.0. The van der Waals surface area contributed by atoms with E-state index in [9.17, 15) is 0 Å². The van der Waals surface area contributed by atoms with Crippen LogP contribution in [-0.4, -0.2) is 9.97 Å². The first-order valence-electron chi connectivity index (χ1n) is 31.7. The maximum Gasteiger partial charge on any atom is 0.151 e. The van der Waals surface area contributed by atoms with Gasteiger partial charge >= 0.3 is 0 Å². The minimum Gasteiger partial charge on any atom is -0.453 e. The molecule has 13 aromatic carbocycles. The van der Waals surface area contributed by atoms with Crippen LogP contribution in [0, 0.1) is 0 Å². The van der Waals surface area contributed by atoms with Crippen molar-refractivity contribution >= 4 is 112 Å². The Morgan fingerprint density at radius 1 is 0.250 bits per heavy atom. The van der Waals surface area contributed by atoms with Gasteiger partial charge in [-0.05, 0) is 196 Å². The number of benzene rings is 13. The Hall–Kier alpha value is -11.7. The third kappa shape index (κ3) is 7.64. The molecule has 6 heterocycles. The van der Waals surface area contributed by atoms with Gasteiger partial charge in [-0.1, -0.05) is 155 Å². The van der Waals surface area contributed by atoms with Crippen molar-refractivity contribution in [2.45, 2.75) is 38.5 Å². The standard InChI is InChI=1S/C84H60N6O2/c1-83(2)61-18-6-10-22-69(61)87(70-23-11-7-19-62(70)83)55-33-35-56(36-34-55)88-71-24-12-8-20-63(71)84(3,4)64-47-51(30-44-72(64)88)53-31-45-79-75(49-53)90(58-39-37-57(38-40-58)89-73-25-13-15-27-77(73)91-78-28-16-14-26-74(78)89)76-50-54(32-46-80(76)92-79)52-29-41-60-68(48-52)86-67-43-42-66-81(82(60)67)59-17-5-9-21-65(59)85-66/h5-50,85-86H,1-4H3. The molecule has 0 amide bonds. The van der Waals surface area contributed by atoms with E-state index in [1.807, 2.05) is 24.3 Å². The molecule has 4 aliphatic heterocycles. The highest BCUT2D eigenvalue weighted by molar-refractivity contribution is 6.27. The molecule has 0 unspecified atom stereocenters. The molecule has 0 bridgehead atoms. The number of H-pyrrole nitrogens is 2. The van der Waals surface area contributed by atoms with E-state index in [0.717, 1.165) is 119 Å². The predicted octanol–water partition coefficient (Wildman–Crippen LogP) is 23.7. The summed E-state index contributed by atoms with van der Waals surface area (Å²) in [6.45, 7) is 9.42. The van der Waals surface area contributed by atoms with Gasteiger partial charge in [0.05, 0.1) is 45.5 Å². The van der Waals surface area contributed by atoms with Crippen molar-refractivity contribution in [1.82, 2.24) is 9.97 Å². The zero-order valence-electron chi connectivity index (χ0n) is 51.2. The summed E-state index contributed by atoms with van der Waals surface area (Å²) < 4.78 is 13.5. The lowest BCUT2D eigenvalue weighted by molar-refractivity contribution is 0.476. The van der Waals surface area contributed by atoms with Crippen LogP contribution in [0.5, 0.6) is 23.0 Å². The average molecular weight is 1190 g/mol. The fourth-order valence-corrected chi connectivity index (χ4v) is 15.6. The van der Waals surface area contributed by atoms with E-state index in [4.69, 9.17) is 9.47 Å². The molecule has 0 saturated carbocycles. The van der Waals surface area contributed by atoms with E-state index in [1.165, 1.54) is 60.9 Å². The van der Waals surface area contributed by atoms with Crippen molar-refractivity contribution in [3.63, 3.8) is 0 Å². The summed E-state index contributed by atoms with van der Waals surface area (Å²) in [5, 5.41) is 4.90. The predicted molar refractivity (Wildman–Crippen MR) is 379 cm³/mol. The lowest BCUT2D eigenvalue weighted by Gasteiger charge is -2.43. The van der Waals surface area contributed by atoms with Gasteiger partial charge in [0.25, 0.3) is 0 Å². The van der Waals surface area contributed by atoms with E-state index in [1.54, 1.807) is 0 Å². The van der Waals surface area contributed by atoms with Gasteiger partial charge in [0.1, 0.15) is 0 Å². The van der Waals surface area contributed by atoms with Gasteiger partial charge in [-0.25, -0.2) is 0 Å². The van der Waals surface area contributed by atoms with E-state index in [-0.39, 0.29) is 10.8 Å². The maximum absolute atomic E-state index is 7.02. The highest BCUT2D eigenvalue weighted by Gasteiger charge is 2.40. The first-order valence-corrected chi connectivity index (χ1v) is 31.7. The second-order valence-electron chi connectivity index (χ2n) is 25.9. The minimum absolute atomic E-state index is 0.137. The number of hydrogen-bond donors (Lipinski definition) is 2. The van der Waals surface area contributed by atoms with Crippen LogP contribution < -0.4 is 29.1 Å². The largest absolute Gasteiger partial charge is 0.453 e. The van der Waals surface area contributed by atoms with Crippen LogP contribution in [0.15, 0.2) is 279 Å². The zero-order chi connectivity index (χ0) is 61.1. The Labute approximate surface area is 533 Å². The highest BCUT2D eigenvalue weighted by atomic mass is 16.5. The molecule has 0 radical (unpaired) electrons. The average Bonchev–Trinajstić information content (AvgIpc) is 1.12. The Morgan fingerprint density at radius 3 is 1.12 bits per heavy atom. The topological polar surface area (TPSA) is 63.0 Å². The van der Waals surface area contributed by atoms with Crippen molar-refractivity contribution < 1.29 is 9.47 Å². The molecule has 0 aliphatic carbocycles. The van der Waals surface area contributed by atoms with Crippen LogP contribution in [0.4, 0.5) is 68.2 Å². The van der Waals surface area contributed by atoms with Gasteiger partial charge in [-0.15, -0.1) is 0 Å². The lowest BCUT2D eigenvalue weighted by Crippen LogP contribution is -2.31. The fourth-order valence-electron chi connectivity index (χ4n) is 15.6. The molecule has 8 nitrogen and oxygen atoms in total. The molecule has 92 heavy (non-hydrogen) atoms. The van der Waals surface area contributed by atoms with Crippen molar-refractivity contribution in [2.24, 2.45) is 0 Å². The number of rotatable bonds is 6. The molecule has 0 atom stereocenters. The Bertz CT molecular complexity index is 5480. The number of fused-ring (bicyclic) bond motifs is 15. The van der Waals surface area contributed by atoms with E-state index >= 15 is 0 Å². The highest BCUT2D eigenvalue weighted by Crippen LogP contribution is 2.58. The smallest absolute Gasteiger partial charge is 0.151 e. The maximum atomic E-state index is 7.02. The molecule has 19 rings (SSSR count).